The molecule has 1 heterocycles. The molecule has 0 spiro atoms. The molecule has 11 rings (SSSR count). The van der Waals surface area contributed by atoms with Gasteiger partial charge in [0.15, 0.2) is 0 Å². The monoisotopic (exact) mass is 753 g/mol. The van der Waals surface area contributed by atoms with Gasteiger partial charge >= 0.3 is 0 Å². The Hall–Kier alpha value is -7.68. The zero-order chi connectivity index (χ0) is 39.3. The second-order valence-corrected chi connectivity index (χ2v) is 15.3. The molecule has 0 aliphatic heterocycles. The molecule has 278 valence electrons. The maximum Gasteiger partial charge on any atom is 0.143 e. The lowest BCUT2D eigenvalue weighted by Crippen LogP contribution is -2.09. The van der Waals surface area contributed by atoms with Gasteiger partial charge in [-0.1, -0.05) is 170 Å². The van der Waals surface area contributed by atoms with Crippen LogP contribution in [-0.2, 0) is 0 Å². The Labute approximate surface area is 343 Å². The number of hydrogen-bond donors (Lipinski definition) is 0. The molecule has 0 unspecified atom stereocenters. The quantitative estimate of drug-likeness (QED) is 0.151. The molecule has 2 nitrogen and oxygen atoms in total. The Morgan fingerprint density at radius 1 is 0.339 bits per heavy atom. The first-order valence-electron chi connectivity index (χ1n) is 20.2. The van der Waals surface area contributed by atoms with E-state index in [0.717, 1.165) is 50.1 Å². The van der Waals surface area contributed by atoms with E-state index in [4.69, 9.17) is 4.42 Å². The Bertz CT molecular complexity index is 3290. The van der Waals surface area contributed by atoms with Crippen molar-refractivity contribution < 1.29 is 4.42 Å². The first-order valence-corrected chi connectivity index (χ1v) is 20.2. The van der Waals surface area contributed by atoms with Gasteiger partial charge in [-0.3, -0.25) is 0 Å². The maximum atomic E-state index is 6.50. The number of rotatable bonds is 7. The van der Waals surface area contributed by atoms with Crippen LogP contribution in [-0.4, -0.2) is 0 Å². The number of hydrogen-bond acceptors (Lipinski definition) is 2. The van der Waals surface area contributed by atoms with Crippen molar-refractivity contribution >= 4 is 60.5 Å². The second kappa shape index (κ2) is 14.4. The highest BCUT2D eigenvalue weighted by atomic mass is 16.3. The smallest absolute Gasteiger partial charge is 0.143 e. The number of aryl methyl sites for hydroxylation is 1. The highest BCUT2D eigenvalue weighted by molar-refractivity contribution is 6.14. The summed E-state index contributed by atoms with van der Waals surface area (Å²) in [5.74, 6) is 0. The highest BCUT2D eigenvalue weighted by Gasteiger charge is 2.18. The van der Waals surface area contributed by atoms with Crippen LogP contribution < -0.4 is 4.90 Å². The first-order chi connectivity index (χ1) is 29.2. The van der Waals surface area contributed by atoms with Crippen molar-refractivity contribution in [3.05, 3.63) is 224 Å². The van der Waals surface area contributed by atoms with Crippen LogP contribution in [0.1, 0.15) is 5.56 Å². The summed E-state index contributed by atoms with van der Waals surface area (Å²) in [4.78, 5) is 2.35. The Balaban J connectivity index is 0.991. The number of para-hydroxylation sites is 1. The van der Waals surface area contributed by atoms with Gasteiger partial charge < -0.3 is 9.32 Å². The van der Waals surface area contributed by atoms with Crippen LogP contribution in [0.2, 0.25) is 0 Å². The summed E-state index contributed by atoms with van der Waals surface area (Å²) in [5.41, 5.74) is 15.8. The topological polar surface area (TPSA) is 16.4 Å². The van der Waals surface area contributed by atoms with Gasteiger partial charge in [0.05, 0.1) is 0 Å². The minimum absolute atomic E-state index is 0.910. The standard InChI is InChI=1S/C57H39NO/c1-38-19-36-53-52-17-9-10-18-55(52)59-57(53)56(38)44-28-34-48(35-29-44)58(46-30-24-42(25-31-46)41-22-20-40(21-23-41)39-11-3-2-4-12-39)47-32-26-43(27-33-47)54-37-45-13-5-6-14-49(45)50-15-7-8-16-51(50)54/h2-37H,1H3. The van der Waals surface area contributed by atoms with Crippen molar-refractivity contribution in [2.75, 3.05) is 4.90 Å². The van der Waals surface area contributed by atoms with Crippen molar-refractivity contribution in [3.63, 3.8) is 0 Å². The normalized spacial score (nSPS) is 11.5. The summed E-state index contributed by atoms with van der Waals surface area (Å²) >= 11 is 0. The number of nitrogens with zero attached hydrogens (tertiary/aromatic N) is 1. The molecular weight excluding hydrogens is 715 g/mol. The van der Waals surface area contributed by atoms with Gasteiger partial charge in [0.25, 0.3) is 0 Å². The van der Waals surface area contributed by atoms with Crippen molar-refractivity contribution in [2.45, 2.75) is 6.92 Å². The summed E-state index contributed by atoms with van der Waals surface area (Å²) in [7, 11) is 0. The molecule has 59 heavy (non-hydrogen) atoms. The van der Waals surface area contributed by atoms with Gasteiger partial charge in [-0.05, 0) is 122 Å². The van der Waals surface area contributed by atoms with E-state index < -0.39 is 0 Å². The van der Waals surface area contributed by atoms with E-state index >= 15 is 0 Å². The fourth-order valence-electron chi connectivity index (χ4n) is 8.84. The van der Waals surface area contributed by atoms with Gasteiger partial charge in [-0.25, -0.2) is 0 Å². The predicted molar refractivity (Wildman–Crippen MR) is 250 cm³/mol. The van der Waals surface area contributed by atoms with Gasteiger partial charge in [0.2, 0.25) is 0 Å². The van der Waals surface area contributed by atoms with E-state index in [1.54, 1.807) is 0 Å². The molecular formula is C57H39NO. The van der Waals surface area contributed by atoms with E-state index in [9.17, 15) is 0 Å². The summed E-state index contributed by atoms with van der Waals surface area (Å²) in [6, 6.07) is 78.7. The van der Waals surface area contributed by atoms with E-state index in [1.807, 2.05) is 12.1 Å². The number of furan rings is 1. The van der Waals surface area contributed by atoms with Crippen LogP contribution in [0.4, 0.5) is 17.1 Å². The van der Waals surface area contributed by atoms with E-state index in [1.165, 1.54) is 60.5 Å². The van der Waals surface area contributed by atoms with Gasteiger partial charge in [0, 0.05) is 33.4 Å². The number of fused-ring (bicyclic) bond motifs is 6. The lowest BCUT2D eigenvalue weighted by Gasteiger charge is -2.26. The van der Waals surface area contributed by atoms with Crippen LogP contribution in [0.15, 0.2) is 223 Å². The Morgan fingerprint density at radius 2 is 0.814 bits per heavy atom. The van der Waals surface area contributed by atoms with Crippen molar-refractivity contribution in [1.29, 1.82) is 0 Å². The van der Waals surface area contributed by atoms with E-state index in [0.29, 0.717) is 0 Å². The zero-order valence-electron chi connectivity index (χ0n) is 32.6. The fourth-order valence-corrected chi connectivity index (χ4v) is 8.84. The van der Waals surface area contributed by atoms with E-state index in [-0.39, 0.29) is 0 Å². The minimum atomic E-state index is 0.910. The molecule has 1 aromatic heterocycles. The molecule has 0 radical (unpaired) electrons. The third-order valence-electron chi connectivity index (χ3n) is 11.8. The number of anilines is 3. The van der Waals surface area contributed by atoms with Crippen LogP contribution in [0.3, 0.4) is 0 Å². The molecule has 0 amide bonds. The van der Waals surface area contributed by atoms with Crippen LogP contribution in [0.25, 0.3) is 88.0 Å². The third-order valence-corrected chi connectivity index (χ3v) is 11.8. The highest BCUT2D eigenvalue weighted by Crippen LogP contribution is 2.42. The summed E-state index contributed by atoms with van der Waals surface area (Å²) < 4.78 is 6.50. The lowest BCUT2D eigenvalue weighted by molar-refractivity contribution is 0.669. The zero-order valence-corrected chi connectivity index (χ0v) is 32.6. The Morgan fingerprint density at radius 3 is 1.46 bits per heavy atom. The van der Waals surface area contributed by atoms with Gasteiger partial charge in [-0.15, -0.1) is 0 Å². The Kier molecular flexibility index (Phi) is 8.41. The summed E-state index contributed by atoms with van der Waals surface area (Å²) in [5, 5.41) is 7.34. The molecule has 10 aromatic carbocycles. The molecule has 0 fully saturated rings. The SMILES string of the molecule is Cc1ccc2c(oc3ccccc32)c1-c1ccc(N(c2ccc(-c3ccc(-c4ccccc4)cc3)cc2)c2ccc(-c3cc4ccccc4c4ccccc34)cc2)cc1. The fraction of sp³-hybridized carbons (Fsp3) is 0.0175. The lowest BCUT2D eigenvalue weighted by atomic mass is 9.93. The third kappa shape index (κ3) is 6.14. The van der Waals surface area contributed by atoms with Crippen molar-refractivity contribution in [1.82, 2.24) is 0 Å². The molecule has 0 atom stereocenters. The predicted octanol–water partition coefficient (Wildman–Crippen LogP) is 16.3. The van der Waals surface area contributed by atoms with Crippen LogP contribution in [0, 0.1) is 6.92 Å². The van der Waals surface area contributed by atoms with Crippen LogP contribution in [0.5, 0.6) is 0 Å². The summed E-state index contributed by atoms with van der Waals surface area (Å²) in [6.45, 7) is 2.17. The van der Waals surface area contributed by atoms with Crippen LogP contribution >= 0.6 is 0 Å². The maximum absolute atomic E-state index is 6.50. The molecule has 11 aromatic rings. The number of benzene rings is 10. The molecule has 0 aliphatic rings. The van der Waals surface area contributed by atoms with Gasteiger partial charge in [0.1, 0.15) is 11.2 Å². The first kappa shape index (κ1) is 34.6. The average Bonchev–Trinajstić information content (AvgIpc) is 3.68. The second-order valence-electron chi connectivity index (χ2n) is 15.3. The van der Waals surface area contributed by atoms with Gasteiger partial charge in [-0.2, -0.15) is 0 Å². The van der Waals surface area contributed by atoms with Crippen molar-refractivity contribution in [2.24, 2.45) is 0 Å². The minimum Gasteiger partial charge on any atom is -0.455 e. The molecule has 0 N–H and O–H groups in total. The molecule has 0 saturated carbocycles. The largest absolute Gasteiger partial charge is 0.455 e. The molecule has 2 heteroatoms. The molecule has 0 bridgehead atoms. The average molecular weight is 754 g/mol. The summed E-state index contributed by atoms with van der Waals surface area (Å²) in [6.07, 6.45) is 0. The molecule has 0 saturated heterocycles. The molecule has 0 aliphatic carbocycles. The van der Waals surface area contributed by atoms with E-state index in [2.05, 4.69) is 218 Å². The van der Waals surface area contributed by atoms with Crippen molar-refractivity contribution in [3.8, 4) is 44.5 Å².